The van der Waals surface area contributed by atoms with Crippen molar-refractivity contribution < 1.29 is 4.92 Å². The summed E-state index contributed by atoms with van der Waals surface area (Å²) in [5, 5.41) is 14.2. The van der Waals surface area contributed by atoms with Crippen LogP contribution < -0.4 is 5.32 Å². The molecule has 1 aliphatic heterocycles. The first-order valence-electron chi connectivity index (χ1n) is 6.77. The zero-order chi connectivity index (χ0) is 13.8. The second kappa shape index (κ2) is 6.12. The van der Waals surface area contributed by atoms with Gasteiger partial charge in [0.25, 0.3) is 5.69 Å². The zero-order valence-corrected chi connectivity index (χ0v) is 11.5. The molecule has 0 amide bonds. The number of nitrogens with zero attached hydrogens (tertiary/aromatic N) is 2. The van der Waals surface area contributed by atoms with Gasteiger partial charge >= 0.3 is 0 Å². The van der Waals surface area contributed by atoms with Crippen molar-refractivity contribution in [3.63, 3.8) is 0 Å². The molecular weight excluding hydrogens is 242 g/mol. The Morgan fingerprint density at radius 1 is 1.53 bits per heavy atom. The van der Waals surface area contributed by atoms with Gasteiger partial charge in [0.15, 0.2) is 0 Å². The van der Waals surface area contributed by atoms with E-state index in [0.717, 1.165) is 25.1 Å². The average Bonchev–Trinajstić information content (AvgIpc) is 2.85. The molecule has 1 fully saturated rings. The van der Waals surface area contributed by atoms with E-state index in [1.807, 2.05) is 6.07 Å². The number of benzene rings is 1. The van der Waals surface area contributed by atoms with E-state index in [4.69, 9.17) is 0 Å². The van der Waals surface area contributed by atoms with E-state index < -0.39 is 0 Å². The van der Waals surface area contributed by atoms with Gasteiger partial charge in [0.05, 0.1) is 4.92 Å². The Kier molecular flexibility index (Phi) is 4.50. The molecule has 5 nitrogen and oxygen atoms in total. The van der Waals surface area contributed by atoms with Crippen LogP contribution in [0, 0.1) is 10.1 Å². The molecule has 0 aliphatic carbocycles. The first-order valence-corrected chi connectivity index (χ1v) is 6.77. The molecule has 1 aromatic rings. The summed E-state index contributed by atoms with van der Waals surface area (Å²) in [5.41, 5.74) is 1.13. The number of hydrogen-bond acceptors (Lipinski definition) is 4. The van der Waals surface area contributed by atoms with Crippen molar-refractivity contribution in [2.24, 2.45) is 0 Å². The first kappa shape index (κ1) is 14.0. The SMILES string of the molecule is CC(C)N1CCC(NCc2cccc([N+](=O)[O-])c2)C1. The summed E-state index contributed by atoms with van der Waals surface area (Å²) >= 11 is 0. The first-order chi connectivity index (χ1) is 9.06. The molecular formula is C14H21N3O2. The number of nitrogens with one attached hydrogen (secondary N) is 1. The zero-order valence-electron chi connectivity index (χ0n) is 11.5. The standard InChI is InChI=1S/C14H21N3O2/c1-11(2)16-7-6-13(10-16)15-9-12-4-3-5-14(8-12)17(18)19/h3-5,8,11,13,15H,6-7,9-10H2,1-2H3. The highest BCUT2D eigenvalue weighted by molar-refractivity contribution is 5.34. The van der Waals surface area contributed by atoms with E-state index in [1.165, 1.54) is 6.07 Å². The fraction of sp³-hybridized carbons (Fsp3) is 0.571. The maximum absolute atomic E-state index is 10.7. The molecule has 19 heavy (non-hydrogen) atoms. The van der Waals surface area contributed by atoms with Crippen molar-refractivity contribution in [1.29, 1.82) is 0 Å². The number of nitro groups is 1. The summed E-state index contributed by atoms with van der Waals surface area (Å²) in [6, 6.07) is 7.91. The molecule has 1 unspecified atom stereocenters. The minimum Gasteiger partial charge on any atom is -0.309 e. The lowest BCUT2D eigenvalue weighted by Gasteiger charge is -2.20. The summed E-state index contributed by atoms with van der Waals surface area (Å²) in [6.07, 6.45) is 1.15. The third-order valence-corrected chi connectivity index (χ3v) is 3.67. The number of likely N-dealkylation sites (tertiary alicyclic amines) is 1. The summed E-state index contributed by atoms with van der Waals surface area (Å²) < 4.78 is 0. The van der Waals surface area contributed by atoms with Gasteiger partial charge in [-0.3, -0.25) is 15.0 Å². The molecule has 2 rings (SSSR count). The predicted octanol–water partition coefficient (Wildman–Crippen LogP) is 2.17. The predicted molar refractivity (Wildman–Crippen MR) is 75.1 cm³/mol. The molecule has 5 heteroatoms. The van der Waals surface area contributed by atoms with E-state index in [0.29, 0.717) is 18.6 Å². The fourth-order valence-electron chi connectivity index (χ4n) is 2.47. The number of non-ortho nitro benzene ring substituents is 1. The average molecular weight is 263 g/mol. The topological polar surface area (TPSA) is 58.4 Å². The number of hydrogen-bond donors (Lipinski definition) is 1. The molecule has 104 valence electrons. The molecule has 0 aromatic heterocycles. The Bertz CT molecular complexity index is 448. The smallest absolute Gasteiger partial charge is 0.269 e. The number of rotatable bonds is 5. The summed E-state index contributed by atoms with van der Waals surface area (Å²) in [4.78, 5) is 12.8. The molecule has 1 N–H and O–H groups in total. The Morgan fingerprint density at radius 3 is 2.95 bits per heavy atom. The summed E-state index contributed by atoms with van der Waals surface area (Å²) in [5.74, 6) is 0. The summed E-state index contributed by atoms with van der Waals surface area (Å²) in [7, 11) is 0. The molecule has 1 saturated heterocycles. The van der Waals surface area contributed by atoms with Crippen LogP contribution in [0.2, 0.25) is 0 Å². The lowest BCUT2D eigenvalue weighted by atomic mass is 10.2. The molecule has 0 spiro atoms. The molecule has 1 heterocycles. The largest absolute Gasteiger partial charge is 0.309 e. The van der Waals surface area contributed by atoms with Gasteiger partial charge in [-0.2, -0.15) is 0 Å². The van der Waals surface area contributed by atoms with Crippen molar-refractivity contribution in [2.45, 2.75) is 38.9 Å². The molecule has 0 radical (unpaired) electrons. The van der Waals surface area contributed by atoms with Crippen LogP contribution in [0.4, 0.5) is 5.69 Å². The minimum absolute atomic E-state index is 0.162. The van der Waals surface area contributed by atoms with E-state index in [1.54, 1.807) is 12.1 Å². The molecule has 1 aliphatic rings. The second-order valence-corrected chi connectivity index (χ2v) is 5.38. The van der Waals surface area contributed by atoms with Gasteiger partial charge in [0.1, 0.15) is 0 Å². The van der Waals surface area contributed by atoms with Crippen LogP contribution in [0.25, 0.3) is 0 Å². The van der Waals surface area contributed by atoms with E-state index in [-0.39, 0.29) is 10.6 Å². The van der Waals surface area contributed by atoms with Crippen molar-refractivity contribution in [1.82, 2.24) is 10.2 Å². The Hall–Kier alpha value is -1.46. The lowest BCUT2D eigenvalue weighted by Crippen LogP contribution is -2.34. The van der Waals surface area contributed by atoms with Crippen LogP contribution in [0.1, 0.15) is 25.8 Å². The molecule has 1 aromatic carbocycles. The quantitative estimate of drug-likeness (QED) is 0.653. The van der Waals surface area contributed by atoms with Gasteiger partial charge in [-0.25, -0.2) is 0 Å². The van der Waals surface area contributed by atoms with Crippen LogP contribution in [0.5, 0.6) is 0 Å². The minimum atomic E-state index is -0.348. The maximum Gasteiger partial charge on any atom is 0.269 e. The fourth-order valence-corrected chi connectivity index (χ4v) is 2.47. The number of nitro benzene ring substituents is 1. The van der Waals surface area contributed by atoms with Crippen molar-refractivity contribution in [3.8, 4) is 0 Å². The Balaban J connectivity index is 1.86. The normalized spacial score (nSPS) is 20.1. The van der Waals surface area contributed by atoms with Crippen LogP contribution in [-0.2, 0) is 6.54 Å². The van der Waals surface area contributed by atoms with Crippen LogP contribution in [-0.4, -0.2) is 35.0 Å². The third-order valence-electron chi connectivity index (χ3n) is 3.67. The highest BCUT2D eigenvalue weighted by Gasteiger charge is 2.23. The highest BCUT2D eigenvalue weighted by atomic mass is 16.6. The lowest BCUT2D eigenvalue weighted by molar-refractivity contribution is -0.384. The van der Waals surface area contributed by atoms with E-state index in [9.17, 15) is 10.1 Å². The van der Waals surface area contributed by atoms with Gasteiger partial charge in [-0.15, -0.1) is 0 Å². The maximum atomic E-state index is 10.7. The van der Waals surface area contributed by atoms with Crippen LogP contribution in [0.3, 0.4) is 0 Å². The van der Waals surface area contributed by atoms with Gasteiger partial charge in [-0.1, -0.05) is 12.1 Å². The van der Waals surface area contributed by atoms with Crippen molar-refractivity contribution >= 4 is 5.69 Å². The van der Waals surface area contributed by atoms with Crippen molar-refractivity contribution in [3.05, 3.63) is 39.9 Å². The van der Waals surface area contributed by atoms with Gasteiger partial charge in [-0.05, 0) is 32.4 Å². The Morgan fingerprint density at radius 2 is 2.32 bits per heavy atom. The molecule has 1 atom stereocenters. The Labute approximate surface area is 113 Å². The molecule has 0 saturated carbocycles. The van der Waals surface area contributed by atoms with Gasteiger partial charge in [0.2, 0.25) is 0 Å². The van der Waals surface area contributed by atoms with E-state index in [2.05, 4.69) is 24.1 Å². The highest BCUT2D eigenvalue weighted by Crippen LogP contribution is 2.15. The van der Waals surface area contributed by atoms with Crippen molar-refractivity contribution in [2.75, 3.05) is 13.1 Å². The van der Waals surface area contributed by atoms with E-state index >= 15 is 0 Å². The van der Waals surface area contributed by atoms with Gasteiger partial charge < -0.3 is 5.32 Å². The van der Waals surface area contributed by atoms with Gasteiger partial charge in [0, 0.05) is 37.3 Å². The van der Waals surface area contributed by atoms with Crippen LogP contribution >= 0.6 is 0 Å². The van der Waals surface area contributed by atoms with Crippen LogP contribution in [0.15, 0.2) is 24.3 Å². The monoisotopic (exact) mass is 263 g/mol. The molecule has 0 bridgehead atoms. The summed E-state index contributed by atoms with van der Waals surface area (Å²) in [6.45, 7) is 7.31. The third kappa shape index (κ3) is 3.75. The second-order valence-electron chi connectivity index (χ2n) is 5.38.